The van der Waals surface area contributed by atoms with Crippen molar-refractivity contribution in [2.45, 2.75) is 39.2 Å². The Bertz CT molecular complexity index is 234. The minimum Gasteiger partial charge on any atom is -0.345 e. The van der Waals surface area contributed by atoms with Crippen LogP contribution in [0.3, 0.4) is 0 Å². The summed E-state index contributed by atoms with van der Waals surface area (Å²) in [7, 11) is 0. The maximum absolute atomic E-state index is 11.7. The van der Waals surface area contributed by atoms with Crippen LogP contribution in [-0.4, -0.2) is 30.0 Å². The number of ketones is 1. The monoisotopic (exact) mass is 246 g/mol. The number of unbranched alkanes of at least 4 members (excludes halogenated alkanes) is 1. The van der Waals surface area contributed by atoms with Gasteiger partial charge in [0.1, 0.15) is 0 Å². The molecule has 16 heavy (non-hydrogen) atoms. The van der Waals surface area contributed by atoms with E-state index in [-0.39, 0.29) is 17.6 Å². The van der Waals surface area contributed by atoms with E-state index >= 15 is 0 Å². The van der Waals surface area contributed by atoms with Crippen LogP contribution in [0.5, 0.6) is 0 Å². The lowest BCUT2D eigenvalue weighted by Crippen LogP contribution is -2.43. The number of rotatable bonds is 8. The van der Waals surface area contributed by atoms with Crippen molar-refractivity contribution in [2.24, 2.45) is 11.7 Å². The van der Waals surface area contributed by atoms with Crippen molar-refractivity contribution < 1.29 is 9.59 Å². The summed E-state index contributed by atoms with van der Waals surface area (Å²) >= 11 is 4.03. The molecule has 1 amide bonds. The van der Waals surface area contributed by atoms with E-state index in [2.05, 4.69) is 17.9 Å². The Morgan fingerprint density at radius 3 is 2.44 bits per heavy atom. The number of amides is 1. The fourth-order valence-corrected chi connectivity index (χ4v) is 1.66. The zero-order chi connectivity index (χ0) is 12.6. The largest absolute Gasteiger partial charge is 0.345 e. The summed E-state index contributed by atoms with van der Waals surface area (Å²) in [6.45, 7) is 3.98. The highest BCUT2D eigenvalue weighted by Gasteiger charge is 2.19. The predicted molar refractivity (Wildman–Crippen MR) is 68.5 cm³/mol. The van der Waals surface area contributed by atoms with Crippen LogP contribution in [0.2, 0.25) is 0 Å². The van der Waals surface area contributed by atoms with Crippen molar-refractivity contribution in [1.29, 1.82) is 0 Å². The minimum atomic E-state index is -0.465. The van der Waals surface area contributed by atoms with Gasteiger partial charge in [-0.1, -0.05) is 13.3 Å². The number of carbonyl (C=O) groups is 2. The summed E-state index contributed by atoms with van der Waals surface area (Å²) in [5.74, 6) is 0.133. The third-order valence-electron chi connectivity index (χ3n) is 2.53. The molecule has 0 bridgehead atoms. The van der Waals surface area contributed by atoms with Crippen LogP contribution in [0.1, 0.15) is 33.1 Å². The molecule has 0 radical (unpaired) electrons. The van der Waals surface area contributed by atoms with Crippen LogP contribution in [0.15, 0.2) is 0 Å². The zero-order valence-corrected chi connectivity index (χ0v) is 10.9. The van der Waals surface area contributed by atoms with Crippen molar-refractivity contribution >= 4 is 24.3 Å². The van der Waals surface area contributed by atoms with Crippen LogP contribution < -0.4 is 11.1 Å². The van der Waals surface area contributed by atoms with Gasteiger partial charge in [-0.3, -0.25) is 9.59 Å². The Kier molecular flexibility index (Phi) is 8.29. The van der Waals surface area contributed by atoms with Gasteiger partial charge in [0.2, 0.25) is 5.91 Å². The number of thiol groups is 1. The van der Waals surface area contributed by atoms with Crippen LogP contribution in [-0.2, 0) is 9.59 Å². The summed E-state index contributed by atoms with van der Waals surface area (Å²) in [5.41, 5.74) is 5.38. The number of Topliss-reactive ketones (excluding diaryl/α,β-unsaturated/α-hetero) is 1. The van der Waals surface area contributed by atoms with Crippen LogP contribution in [0, 0.1) is 5.92 Å². The molecule has 2 atom stereocenters. The maximum Gasteiger partial charge on any atom is 0.223 e. The molecule has 0 saturated carbocycles. The van der Waals surface area contributed by atoms with Gasteiger partial charge in [0, 0.05) is 11.7 Å². The molecule has 0 saturated heterocycles. The molecular formula is C11H22N2O2S. The first-order valence-electron chi connectivity index (χ1n) is 5.64. The van der Waals surface area contributed by atoms with E-state index < -0.39 is 6.04 Å². The molecule has 0 aliphatic carbocycles. The molecule has 4 nitrogen and oxygen atoms in total. The number of hydrogen-bond acceptors (Lipinski definition) is 4. The van der Waals surface area contributed by atoms with Crippen LogP contribution in [0.25, 0.3) is 0 Å². The van der Waals surface area contributed by atoms with Crippen molar-refractivity contribution in [3.05, 3.63) is 0 Å². The lowest BCUT2D eigenvalue weighted by Gasteiger charge is -2.17. The summed E-state index contributed by atoms with van der Waals surface area (Å²) < 4.78 is 0. The minimum absolute atomic E-state index is 0.0579. The van der Waals surface area contributed by atoms with Crippen LogP contribution >= 0.6 is 12.6 Å². The number of hydrogen-bond donors (Lipinski definition) is 3. The van der Waals surface area contributed by atoms with E-state index in [9.17, 15) is 9.59 Å². The van der Waals surface area contributed by atoms with Gasteiger partial charge in [-0.05, 0) is 26.3 Å². The first kappa shape index (κ1) is 15.4. The second-order valence-electron chi connectivity index (χ2n) is 4.04. The van der Waals surface area contributed by atoms with Crippen molar-refractivity contribution in [3.63, 3.8) is 0 Å². The first-order valence-corrected chi connectivity index (χ1v) is 6.28. The second-order valence-corrected chi connectivity index (χ2v) is 4.41. The van der Waals surface area contributed by atoms with E-state index in [1.165, 1.54) is 6.92 Å². The lowest BCUT2D eigenvalue weighted by molar-refractivity contribution is -0.128. The average Bonchev–Trinajstić information content (AvgIpc) is 2.25. The van der Waals surface area contributed by atoms with E-state index in [1.54, 1.807) is 0 Å². The van der Waals surface area contributed by atoms with E-state index in [1.807, 2.05) is 6.92 Å². The van der Waals surface area contributed by atoms with Crippen molar-refractivity contribution in [2.75, 3.05) is 12.3 Å². The van der Waals surface area contributed by atoms with Crippen molar-refractivity contribution in [3.8, 4) is 0 Å². The summed E-state index contributed by atoms with van der Waals surface area (Å²) in [6, 6.07) is -0.465. The normalized spacial score (nSPS) is 14.2. The Morgan fingerprint density at radius 2 is 2.00 bits per heavy atom. The summed E-state index contributed by atoms with van der Waals surface area (Å²) in [5, 5.41) is 2.70. The fourth-order valence-electron chi connectivity index (χ4n) is 1.32. The zero-order valence-electron chi connectivity index (χ0n) is 10.0. The number of carbonyl (C=O) groups excluding carboxylic acids is 2. The average molecular weight is 246 g/mol. The highest BCUT2D eigenvalue weighted by Crippen LogP contribution is 2.08. The van der Waals surface area contributed by atoms with E-state index in [0.717, 1.165) is 19.3 Å². The third kappa shape index (κ3) is 6.12. The quantitative estimate of drug-likeness (QED) is 0.437. The van der Waals surface area contributed by atoms with Gasteiger partial charge in [0.25, 0.3) is 0 Å². The molecule has 5 heteroatoms. The Balaban J connectivity index is 3.98. The molecule has 3 N–H and O–H groups in total. The standard InChI is InChI=1S/C11H22N2O2S/c1-8(5-3-4-6-12)11(15)13-10(7-16)9(2)14/h8,10,16H,3-7,12H2,1-2H3,(H,13,15). The Labute approximate surface area is 103 Å². The second kappa shape index (κ2) is 8.58. The number of nitrogens with two attached hydrogens (primary N) is 1. The van der Waals surface area contributed by atoms with Gasteiger partial charge in [-0.2, -0.15) is 12.6 Å². The Morgan fingerprint density at radius 1 is 1.38 bits per heavy atom. The molecule has 0 rings (SSSR count). The molecule has 0 aliphatic rings. The molecule has 94 valence electrons. The summed E-state index contributed by atoms with van der Waals surface area (Å²) in [4.78, 5) is 22.8. The van der Waals surface area contributed by atoms with Gasteiger partial charge in [-0.25, -0.2) is 0 Å². The lowest BCUT2D eigenvalue weighted by atomic mass is 10.0. The highest BCUT2D eigenvalue weighted by atomic mass is 32.1. The highest BCUT2D eigenvalue weighted by molar-refractivity contribution is 7.80. The molecule has 0 heterocycles. The SMILES string of the molecule is CC(=O)C(CS)NC(=O)C(C)CCCCN. The fraction of sp³-hybridized carbons (Fsp3) is 0.818. The van der Waals surface area contributed by atoms with Crippen LogP contribution in [0.4, 0.5) is 0 Å². The maximum atomic E-state index is 11.7. The van der Waals surface area contributed by atoms with Gasteiger partial charge in [0.15, 0.2) is 5.78 Å². The summed E-state index contributed by atoms with van der Waals surface area (Å²) in [6.07, 6.45) is 2.68. The smallest absolute Gasteiger partial charge is 0.223 e. The van der Waals surface area contributed by atoms with Gasteiger partial charge >= 0.3 is 0 Å². The molecule has 0 fully saturated rings. The molecule has 2 unspecified atom stereocenters. The van der Waals surface area contributed by atoms with E-state index in [0.29, 0.717) is 12.3 Å². The van der Waals surface area contributed by atoms with Gasteiger partial charge in [0.05, 0.1) is 6.04 Å². The third-order valence-corrected chi connectivity index (χ3v) is 2.89. The molecular weight excluding hydrogens is 224 g/mol. The van der Waals surface area contributed by atoms with Gasteiger partial charge in [-0.15, -0.1) is 0 Å². The molecule has 0 aromatic carbocycles. The Hall–Kier alpha value is -0.550. The topological polar surface area (TPSA) is 72.2 Å². The first-order chi connectivity index (χ1) is 7.52. The molecule has 0 aromatic rings. The molecule has 0 aliphatic heterocycles. The molecule has 0 spiro atoms. The molecule has 0 aromatic heterocycles. The van der Waals surface area contributed by atoms with Crippen molar-refractivity contribution in [1.82, 2.24) is 5.32 Å². The predicted octanol–water partition coefficient (Wildman–Crippen LogP) is 0.755. The van der Waals surface area contributed by atoms with Gasteiger partial charge < -0.3 is 11.1 Å². The number of nitrogens with one attached hydrogen (secondary N) is 1. The van der Waals surface area contributed by atoms with E-state index in [4.69, 9.17) is 5.73 Å².